The van der Waals surface area contributed by atoms with Crippen molar-refractivity contribution in [2.24, 2.45) is 0 Å². The zero-order valence-corrected chi connectivity index (χ0v) is 15.6. The number of aromatic nitrogens is 2. The van der Waals surface area contributed by atoms with Crippen LogP contribution in [0.3, 0.4) is 0 Å². The largest absolute Gasteiger partial charge is 0.489 e. The van der Waals surface area contributed by atoms with Gasteiger partial charge in [0, 0.05) is 37.3 Å². The number of benzene rings is 1. The molecule has 9 heteroatoms. The number of anilines is 2. The summed E-state index contributed by atoms with van der Waals surface area (Å²) < 4.78 is 19.6. The molecule has 2 aliphatic rings. The molecule has 0 bridgehead atoms. The smallest absolute Gasteiger partial charge is 0.325 e. The minimum Gasteiger partial charge on any atom is -0.489 e. The fraction of sp³-hybridized carbons (Fsp3) is 0.389. The summed E-state index contributed by atoms with van der Waals surface area (Å²) in [5.41, 5.74) is 0.715. The predicted octanol–water partition coefficient (Wildman–Crippen LogP) is 2.80. The molecule has 1 fully saturated rings. The van der Waals surface area contributed by atoms with Crippen LogP contribution in [0.15, 0.2) is 30.7 Å². The Bertz CT molecular complexity index is 859. The molecule has 142 valence electrons. The number of piperazine rings is 1. The number of fused-ring (bicyclic) bond motifs is 1. The molecule has 1 aromatic carbocycles. The van der Waals surface area contributed by atoms with Crippen LogP contribution in [0.2, 0.25) is 5.02 Å². The Morgan fingerprint density at radius 2 is 2.07 bits per heavy atom. The molecule has 0 radical (unpaired) electrons. The molecular weight excluding hydrogens is 373 g/mol. The third-order valence-corrected chi connectivity index (χ3v) is 5.04. The number of hydrogen-bond acceptors (Lipinski definition) is 5. The molecule has 7 nitrogen and oxygen atoms in total. The summed E-state index contributed by atoms with van der Waals surface area (Å²) in [6.45, 7) is 4.33. The van der Waals surface area contributed by atoms with Crippen LogP contribution in [0.4, 0.5) is 20.7 Å². The summed E-state index contributed by atoms with van der Waals surface area (Å²) >= 11 is 6.04. The van der Waals surface area contributed by atoms with E-state index in [1.54, 1.807) is 28.0 Å². The first-order valence-corrected chi connectivity index (χ1v) is 9.13. The minimum atomic E-state index is -0.454. The lowest BCUT2D eigenvalue weighted by atomic mass is 10.1. The highest BCUT2D eigenvalue weighted by Crippen LogP contribution is 2.36. The van der Waals surface area contributed by atoms with Gasteiger partial charge in [-0.25, -0.2) is 19.2 Å². The number of carbonyl (C=O) groups is 1. The molecule has 1 aromatic heterocycles. The SMILES string of the molecule is CC1COc2cc(Cl)ccc2N1C(=O)N1CCN(c2ncncc2F)CC1. The van der Waals surface area contributed by atoms with Gasteiger partial charge in [-0.15, -0.1) is 0 Å². The van der Waals surface area contributed by atoms with Gasteiger partial charge in [-0.1, -0.05) is 11.6 Å². The van der Waals surface area contributed by atoms with Crippen molar-refractivity contribution in [3.8, 4) is 5.75 Å². The standard InChI is InChI=1S/C18H19ClFN5O2/c1-12-10-27-16-8-13(19)2-3-15(16)25(12)18(26)24-6-4-23(5-7-24)17-14(20)9-21-11-22-17/h2-3,8-9,11-12H,4-7,10H2,1H3. The number of nitrogens with zero attached hydrogens (tertiary/aromatic N) is 5. The molecule has 1 saturated heterocycles. The van der Waals surface area contributed by atoms with Crippen LogP contribution in [-0.4, -0.2) is 59.7 Å². The first kappa shape index (κ1) is 17.8. The lowest BCUT2D eigenvalue weighted by Crippen LogP contribution is -2.56. The van der Waals surface area contributed by atoms with Gasteiger partial charge in [0.1, 0.15) is 18.7 Å². The molecule has 0 N–H and O–H groups in total. The number of ether oxygens (including phenoxy) is 1. The van der Waals surface area contributed by atoms with Crippen LogP contribution in [-0.2, 0) is 0 Å². The molecule has 0 aliphatic carbocycles. The van der Waals surface area contributed by atoms with Gasteiger partial charge in [-0.3, -0.25) is 4.90 Å². The van der Waals surface area contributed by atoms with Crippen molar-refractivity contribution in [3.05, 3.63) is 41.6 Å². The van der Waals surface area contributed by atoms with Crippen LogP contribution in [0.5, 0.6) is 5.75 Å². The van der Waals surface area contributed by atoms with Gasteiger partial charge in [0.25, 0.3) is 0 Å². The number of hydrogen-bond donors (Lipinski definition) is 0. The topological polar surface area (TPSA) is 61.8 Å². The average Bonchev–Trinajstić information content (AvgIpc) is 2.68. The van der Waals surface area contributed by atoms with E-state index in [0.717, 1.165) is 6.20 Å². The van der Waals surface area contributed by atoms with E-state index >= 15 is 0 Å². The van der Waals surface area contributed by atoms with Crippen molar-refractivity contribution < 1.29 is 13.9 Å². The average molecular weight is 392 g/mol. The molecule has 4 rings (SSSR count). The maximum atomic E-state index is 13.9. The third-order valence-electron chi connectivity index (χ3n) is 4.81. The van der Waals surface area contributed by atoms with Gasteiger partial charge in [0.15, 0.2) is 11.6 Å². The van der Waals surface area contributed by atoms with E-state index in [9.17, 15) is 9.18 Å². The number of urea groups is 1. The lowest BCUT2D eigenvalue weighted by molar-refractivity contribution is 0.190. The van der Waals surface area contributed by atoms with E-state index < -0.39 is 5.82 Å². The Balaban J connectivity index is 1.49. The molecular formula is C18H19ClFN5O2. The van der Waals surface area contributed by atoms with E-state index in [0.29, 0.717) is 49.2 Å². The zero-order valence-electron chi connectivity index (χ0n) is 14.8. The van der Waals surface area contributed by atoms with Gasteiger partial charge in [-0.2, -0.15) is 0 Å². The zero-order chi connectivity index (χ0) is 19.0. The fourth-order valence-electron chi connectivity index (χ4n) is 3.42. The molecule has 0 spiro atoms. The first-order valence-electron chi connectivity index (χ1n) is 8.75. The van der Waals surface area contributed by atoms with Gasteiger partial charge in [-0.05, 0) is 19.1 Å². The van der Waals surface area contributed by atoms with Crippen molar-refractivity contribution in [1.29, 1.82) is 0 Å². The second-order valence-electron chi connectivity index (χ2n) is 6.59. The maximum absolute atomic E-state index is 13.9. The van der Waals surface area contributed by atoms with Crippen molar-refractivity contribution in [1.82, 2.24) is 14.9 Å². The van der Waals surface area contributed by atoms with Crippen molar-refractivity contribution >= 4 is 29.1 Å². The molecule has 2 aromatic rings. The van der Waals surface area contributed by atoms with E-state index in [1.165, 1.54) is 6.33 Å². The fourth-order valence-corrected chi connectivity index (χ4v) is 3.58. The van der Waals surface area contributed by atoms with Gasteiger partial charge in [0.2, 0.25) is 0 Å². The highest BCUT2D eigenvalue weighted by Gasteiger charge is 2.34. The summed E-state index contributed by atoms with van der Waals surface area (Å²) in [5.74, 6) is 0.428. The molecule has 27 heavy (non-hydrogen) atoms. The summed E-state index contributed by atoms with van der Waals surface area (Å²) in [6, 6.07) is 5.09. The Labute approximate surface area is 161 Å². The summed E-state index contributed by atoms with van der Waals surface area (Å²) in [7, 11) is 0. The van der Waals surface area contributed by atoms with Crippen LogP contribution in [0, 0.1) is 5.82 Å². The molecule has 0 saturated carbocycles. The normalized spacial score (nSPS) is 19.5. The molecule has 2 aliphatic heterocycles. The molecule has 1 unspecified atom stereocenters. The number of rotatable bonds is 1. The number of halogens is 2. The number of carbonyl (C=O) groups excluding carboxylic acids is 1. The monoisotopic (exact) mass is 391 g/mol. The highest BCUT2D eigenvalue weighted by atomic mass is 35.5. The van der Waals surface area contributed by atoms with E-state index in [1.807, 2.05) is 11.8 Å². The van der Waals surface area contributed by atoms with Gasteiger partial charge >= 0.3 is 6.03 Å². The highest BCUT2D eigenvalue weighted by molar-refractivity contribution is 6.30. The molecule has 3 heterocycles. The lowest BCUT2D eigenvalue weighted by Gasteiger charge is -2.41. The third kappa shape index (κ3) is 3.37. The summed E-state index contributed by atoms with van der Waals surface area (Å²) in [6.07, 6.45) is 2.48. The Morgan fingerprint density at radius 1 is 1.30 bits per heavy atom. The van der Waals surface area contributed by atoms with Crippen LogP contribution in [0.1, 0.15) is 6.92 Å². The second-order valence-corrected chi connectivity index (χ2v) is 7.03. The van der Waals surface area contributed by atoms with E-state index in [2.05, 4.69) is 9.97 Å². The van der Waals surface area contributed by atoms with Crippen molar-refractivity contribution in [2.45, 2.75) is 13.0 Å². The first-order chi connectivity index (χ1) is 13.0. The maximum Gasteiger partial charge on any atom is 0.325 e. The van der Waals surface area contributed by atoms with Crippen molar-refractivity contribution in [3.63, 3.8) is 0 Å². The Kier molecular flexibility index (Phi) is 4.73. The summed E-state index contributed by atoms with van der Waals surface area (Å²) in [5, 5.41) is 0.566. The van der Waals surface area contributed by atoms with Crippen LogP contribution < -0.4 is 14.5 Å². The quantitative estimate of drug-likeness (QED) is 0.748. The van der Waals surface area contributed by atoms with E-state index in [-0.39, 0.29) is 17.9 Å². The Hall–Kier alpha value is -2.61. The molecule has 1 atom stereocenters. The van der Waals surface area contributed by atoms with Crippen LogP contribution in [0.25, 0.3) is 0 Å². The second kappa shape index (κ2) is 7.19. The Morgan fingerprint density at radius 3 is 2.81 bits per heavy atom. The van der Waals surface area contributed by atoms with Crippen LogP contribution >= 0.6 is 11.6 Å². The van der Waals surface area contributed by atoms with Crippen molar-refractivity contribution in [2.75, 3.05) is 42.6 Å². The number of amides is 2. The summed E-state index contributed by atoms with van der Waals surface area (Å²) in [4.78, 5) is 26.2. The van der Waals surface area contributed by atoms with Gasteiger partial charge in [0.05, 0.1) is 17.9 Å². The minimum absolute atomic E-state index is 0.0859. The van der Waals surface area contributed by atoms with E-state index in [4.69, 9.17) is 16.3 Å². The van der Waals surface area contributed by atoms with Gasteiger partial charge < -0.3 is 14.5 Å². The predicted molar refractivity (Wildman–Crippen MR) is 100 cm³/mol. The molecule has 2 amide bonds.